The second kappa shape index (κ2) is 6.28. The van der Waals surface area contributed by atoms with Gasteiger partial charge in [-0.15, -0.1) is 11.3 Å². The molecule has 0 saturated carbocycles. The smallest absolute Gasteiger partial charge is 0.257 e. The van der Waals surface area contributed by atoms with Crippen molar-refractivity contribution in [3.63, 3.8) is 0 Å². The second-order valence-electron chi connectivity index (χ2n) is 3.84. The van der Waals surface area contributed by atoms with Crippen molar-refractivity contribution in [1.82, 2.24) is 4.98 Å². The minimum Gasteiger partial charge on any atom is -0.330 e. The number of nitrogens with zero attached hydrogens (tertiary/aromatic N) is 1. The van der Waals surface area contributed by atoms with Gasteiger partial charge in [0.2, 0.25) is 0 Å². The van der Waals surface area contributed by atoms with E-state index in [1.165, 1.54) is 11.3 Å². The molecule has 0 aliphatic rings. The van der Waals surface area contributed by atoms with E-state index in [1.54, 1.807) is 18.3 Å². The van der Waals surface area contributed by atoms with E-state index >= 15 is 0 Å². The molecule has 0 spiro atoms. The Hall–Kier alpha value is -1.72. The number of nitrogens with one attached hydrogen (secondary N) is 1. The number of carbonyl (C=O) groups excluding carboxylic acids is 1. The highest BCUT2D eigenvalue weighted by Gasteiger charge is 2.08. The van der Waals surface area contributed by atoms with Crippen LogP contribution >= 0.6 is 11.3 Å². The van der Waals surface area contributed by atoms with Crippen LogP contribution in [0, 0.1) is 0 Å². The van der Waals surface area contributed by atoms with Gasteiger partial charge in [0, 0.05) is 16.6 Å². The van der Waals surface area contributed by atoms with Gasteiger partial charge < -0.3 is 5.73 Å². The molecule has 1 amide bonds. The van der Waals surface area contributed by atoms with Gasteiger partial charge in [0.05, 0.1) is 0 Å². The molecule has 0 aliphatic heterocycles. The Kier molecular flexibility index (Phi) is 4.44. The molecular weight excluding hydrogens is 246 g/mol. The summed E-state index contributed by atoms with van der Waals surface area (Å²) in [5, 5.41) is 3.43. The van der Waals surface area contributed by atoms with Gasteiger partial charge in [-0.1, -0.05) is 18.2 Å². The molecule has 5 heteroatoms. The molecular formula is C13H15N3OS. The first kappa shape index (κ1) is 12.7. The monoisotopic (exact) mass is 261 g/mol. The first-order chi connectivity index (χ1) is 8.79. The summed E-state index contributed by atoms with van der Waals surface area (Å²) >= 11 is 1.50. The lowest BCUT2D eigenvalue weighted by Crippen LogP contribution is -2.11. The van der Waals surface area contributed by atoms with Crippen LogP contribution in [0.5, 0.6) is 0 Å². The van der Waals surface area contributed by atoms with Crippen molar-refractivity contribution in [2.24, 2.45) is 5.73 Å². The van der Waals surface area contributed by atoms with E-state index in [0.29, 0.717) is 17.2 Å². The number of aromatic nitrogens is 1. The Labute approximate surface area is 110 Å². The summed E-state index contributed by atoms with van der Waals surface area (Å²) in [7, 11) is 0. The molecule has 0 fully saturated rings. The Balaban J connectivity index is 1.97. The van der Waals surface area contributed by atoms with Crippen LogP contribution in [0.25, 0.3) is 0 Å². The molecule has 4 nitrogen and oxygen atoms in total. The number of amides is 1. The molecule has 3 N–H and O–H groups in total. The van der Waals surface area contributed by atoms with Crippen LogP contribution in [0.3, 0.4) is 0 Å². The zero-order chi connectivity index (χ0) is 12.8. The lowest BCUT2D eigenvalue weighted by molar-refractivity contribution is 0.102. The number of nitrogens with two attached hydrogens (primary N) is 1. The molecule has 18 heavy (non-hydrogen) atoms. The Bertz CT molecular complexity index is 510. The maximum Gasteiger partial charge on any atom is 0.257 e. The highest BCUT2D eigenvalue weighted by atomic mass is 32.1. The van der Waals surface area contributed by atoms with Crippen LogP contribution in [-0.2, 0) is 6.42 Å². The normalized spacial score (nSPS) is 10.3. The summed E-state index contributed by atoms with van der Waals surface area (Å²) in [5.41, 5.74) is 6.09. The van der Waals surface area contributed by atoms with Gasteiger partial charge in [0.25, 0.3) is 5.91 Å². The van der Waals surface area contributed by atoms with E-state index < -0.39 is 0 Å². The van der Waals surface area contributed by atoms with Gasteiger partial charge in [-0.25, -0.2) is 4.98 Å². The van der Waals surface area contributed by atoms with Crippen molar-refractivity contribution in [2.75, 3.05) is 11.9 Å². The highest BCUT2D eigenvalue weighted by molar-refractivity contribution is 7.15. The van der Waals surface area contributed by atoms with Crippen LogP contribution in [0.1, 0.15) is 21.7 Å². The van der Waals surface area contributed by atoms with Crippen molar-refractivity contribution in [3.8, 4) is 0 Å². The minimum absolute atomic E-state index is 0.129. The zero-order valence-electron chi connectivity index (χ0n) is 9.93. The number of carbonyl (C=O) groups is 1. The summed E-state index contributed by atoms with van der Waals surface area (Å²) in [6.45, 7) is 0.670. The van der Waals surface area contributed by atoms with Crippen molar-refractivity contribution in [2.45, 2.75) is 12.8 Å². The molecule has 0 saturated heterocycles. The van der Waals surface area contributed by atoms with Gasteiger partial charge in [0.15, 0.2) is 5.13 Å². The fourth-order valence-electron chi connectivity index (χ4n) is 1.52. The largest absolute Gasteiger partial charge is 0.330 e. The van der Waals surface area contributed by atoms with E-state index in [2.05, 4.69) is 10.3 Å². The van der Waals surface area contributed by atoms with Crippen LogP contribution in [0.15, 0.2) is 36.5 Å². The molecule has 0 bridgehead atoms. The molecule has 0 aliphatic carbocycles. The van der Waals surface area contributed by atoms with E-state index in [1.807, 2.05) is 18.2 Å². The molecule has 0 unspecified atom stereocenters. The number of anilines is 1. The SMILES string of the molecule is NCCCc1cnc(NC(=O)c2ccccc2)s1. The van der Waals surface area contributed by atoms with Gasteiger partial charge in [-0.05, 0) is 31.5 Å². The summed E-state index contributed by atoms with van der Waals surface area (Å²) in [6, 6.07) is 9.11. The fraction of sp³-hybridized carbons (Fsp3) is 0.231. The number of thiazole rings is 1. The Morgan fingerprint density at radius 2 is 2.11 bits per heavy atom. The highest BCUT2D eigenvalue weighted by Crippen LogP contribution is 2.19. The molecule has 0 radical (unpaired) electrons. The molecule has 2 aromatic rings. The lowest BCUT2D eigenvalue weighted by atomic mass is 10.2. The molecule has 2 rings (SSSR count). The topological polar surface area (TPSA) is 68.0 Å². The van der Waals surface area contributed by atoms with Crippen LogP contribution in [0.4, 0.5) is 5.13 Å². The van der Waals surface area contributed by atoms with Gasteiger partial charge >= 0.3 is 0 Å². The summed E-state index contributed by atoms with van der Waals surface area (Å²) < 4.78 is 0. The summed E-state index contributed by atoms with van der Waals surface area (Å²) in [5.74, 6) is -0.129. The summed E-state index contributed by atoms with van der Waals surface area (Å²) in [4.78, 5) is 17.2. The maximum atomic E-state index is 11.9. The Morgan fingerprint density at radius 3 is 2.83 bits per heavy atom. The number of aryl methyl sites for hydroxylation is 1. The third-order valence-electron chi connectivity index (χ3n) is 2.44. The molecule has 1 heterocycles. The van der Waals surface area contributed by atoms with E-state index in [-0.39, 0.29) is 5.91 Å². The molecule has 0 atom stereocenters. The quantitative estimate of drug-likeness (QED) is 0.867. The van der Waals surface area contributed by atoms with E-state index in [0.717, 1.165) is 17.7 Å². The maximum absolute atomic E-state index is 11.9. The first-order valence-corrected chi connectivity index (χ1v) is 6.62. The second-order valence-corrected chi connectivity index (χ2v) is 4.96. The van der Waals surface area contributed by atoms with Crippen LogP contribution < -0.4 is 11.1 Å². The van der Waals surface area contributed by atoms with Crippen molar-refractivity contribution in [3.05, 3.63) is 47.0 Å². The average molecular weight is 261 g/mol. The van der Waals surface area contributed by atoms with Crippen molar-refractivity contribution < 1.29 is 4.79 Å². The summed E-state index contributed by atoms with van der Waals surface area (Å²) in [6.07, 6.45) is 3.64. The third-order valence-corrected chi connectivity index (χ3v) is 3.41. The van der Waals surface area contributed by atoms with E-state index in [9.17, 15) is 4.79 Å². The molecule has 1 aromatic carbocycles. The van der Waals surface area contributed by atoms with Crippen molar-refractivity contribution in [1.29, 1.82) is 0 Å². The first-order valence-electron chi connectivity index (χ1n) is 5.81. The zero-order valence-corrected chi connectivity index (χ0v) is 10.7. The number of hydrogen-bond acceptors (Lipinski definition) is 4. The van der Waals surface area contributed by atoms with E-state index in [4.69, 9.17) is 5.73 Å². The van der Waals surface area contributed by atoms with Crippen LogP contribution in [0.2, 0.25) is 0 Å². The average Bonchev–Trinajstić information content (AvgIpc) is 2.85. The van der Waals surface area contributed by atoms with Crippen LogP contribution in [-0.4, -0.2) is 17.4 Å². The number of hydrogen-bond donors (Lipinski definition) is 2. The molecule has 1 aromatic heterocycles. The number of benzene rings is 1. The van der Waals surface area contributed by atoms with Gasteiger partial charge in [-0.2, -0.15) is 0 Å². The van der Waals surface area contributed by atoms with Crippen molar-refractivity contribution >= 4 is 22.4 Å². The predicted octanol–water partition coefficient (Wildman–Crippen LogP) is 2.29. The van der Waals surface area contributed by atoms with Gasteiger partial charge in [0.1, 0.15) is 0 Å². The Morgan fingerprint density at radius 1 is 1.33 bits per heavy atom. The fourth-order valence-corrected chi connectivity index (χ4v) is 2.37. The molecule has 94 valence electrons. The minimum atomic E-state index is -0.129. The lowest BCUT2D eigenvalue weighted by Gasteiger charge is -2.00. The predicted molar refractivity (Wildman–Crippen MR) is 73.9 cm³/mol. The third kappa shape index (κ3) is 3.38. The van der Waals surface area contributed by atoms with Gasteiger partial charge in [-0.3, -0.25) is 10.1 Å². The standard InChI is InChI=1S/C13H15N3OS/c14-8-4-7-11-9-15-13(18-11)16-12(17)10-5-2-1-3-6-10/h1-3,5-6,9H,4,7-8,14H2,(H,15,16,17). The number of rotatable bonds is 5.